The number of nitrogens with one attached hydrogen (secondary N) is 1. The van der Waals surface area contributed by atoms with Gasteiger partial charge in [-0.3, -0.25) is 9.69 Å². The Balaban J connectivity index is 1.32. The molecular formula is C20H31N5O3S. The van der Waals surface area contributed by atoms with Gasteiger partial charge in [0, 0.05) is 50.5 Å². The number of nitrogens with zero attached hydrogens (tertiary/aromatic N) is 4. The highest BCUT2D eigenvalue weighted by Crippen LogP contribution is 2.21. The van der Waals surface area contributed by atoms with Gasteiger partial charge in [-0.25, -0.2) is 9.48 Å². The molecule has 1 atom stereocenters. The molecule has 0 aromatic carbocycles. The number of hydrogen-bond donors (Lipinski definition) is 1. The van der Waals surface area contributed by atoms with Gasteiger partial charge in [0.25, 0.3) is 5.56 Å². The largest absolute Gasteiger partial charge is 0.378 e. The summed E-state index contributed by atoms with van der Waals surface area (Å²) in [5.74, 6) is 1.98. The second-order valence-corrected chi connectivity index (χ2v) is 9.06. The number of aromatic nitrogens is 2. The van der Waals surface area contributed by atoms with Gasteiger partial charge in [0.2, 0.25) is 0 Å². The van der Waals surface area contributed by atoms with E-state index >= 15 is 0 Å². The van der Waals surface area contributed by atoms with Crippen LogP contribution in [0.15, 0.2) is 10.9 Å². The van der Waals surface area contributed by atoms with Crippen molar-refractivity contribution >= 4 is 17.8 Å². The van der Waals surface area contributed by atoms with E-state index in [-0.39, 0.29) is 11.6 Å². The monoisotopic (exact) mass is 421 g/mol. The molecule has 2 saturated heterocycles. The maximum absolute atomic E-state index is 12.4. The molecule has 2 fully saturated rings. The molecule has 160 valence electrons. The van der Waals surface area contributed by atoms with E-state index < -0.39 is 0 Å². The number of amides is 2. The Hall–Kier alpha value is -1.58. The van der Waals surface area contributed by atoms with Crippen molar-refractivity contribution in [3.63, 3.8) is 0 Å². The quantitative estimate of drug-likeness (QED) is 0.762. The van der Waals surface area contributed by atoms with Crippen molar-refractivity contribution in [1.29, 1.82) is 0 Å². The fraction of sp³-hybridized carbons (Fsp3) is 0.750. The number of rotatable bonds is 5. The van der Waals surface area contributed by atoms with Crippen LogP contribution < -0.4 is 10.9 Å². The van der Waals surface area contributed by atoms with Gasteiger partial charge < -0.3 is 15.0 Å². The fourth-order valence-corrected chi connectivity index (χ4v) is 5.26. The summed E-state index contributed by atoms with van der Waals surface area (Å²) in [5.41, 5.74) is 2.18. The van der Waals surface area contributed by atoms with Gasteiger partial charge >= 0.3 is 6.03 Å². The predicted octanol–water partition coefficient (Wildman–Crippen LogP) is 0.929. The van der Waals surface area contributed by atoms with Crippen LogP contribution in [0.1, 0.15) is 30.5 Å². The van der Waals surface area contributed by atoms with Crippen LogP contribution in [0.2, 0.25) is 0 Å². The molecule has 4 rings (SSSR count). The van der Waals surface area contributed by atoms with Crippen molar-refractivity contribution in [1.82, 2.24) is 24.9 Å². The summed E-state index contributed by atoms with van der Waals surface area (Å²) in [5, 5.41) is 7.74. The van der Waals surface area contributed by atoms with Gasteiger partial charge in [-0.05, 0) is 30.7 Å². The van der Waals surface area contributed by atoms with E-state index in [4.69, 9.17) is 4.74 Å². The van der Waals surface area contributed by atoms with Crippen LogP contribution in [-0.4, -0.2) is 83.3 Å². The van der Waals surface area contributed by atoms with Crippen LogP contribution in [-0.2, 0) is 23.5 Å². The Morgan fingerprint density at radius 1 is 1.24 bits per heavy atom. The van der Waals surface area contributed by atoms with Crippen LogP contribution >= 0.6 is 11.8 Å². The molecule has 1 aromatic heterocycles. The maximum atomic E-state index is 12.4. The highest BCUT2D eigenvalue weighted by molar-refractivity contribution is 7.98. The number of carbonyl (C=O) groups is 1. The molecule has 0 aliphatic carbocycles. The molecule has 1 N–H and O–H groups in total. The average molecular weight is 422 g/mol. The number of morpholine rings is 1. The predicted molar refractivity (Wildman–Crippen MR) is 113 cm³/mol. The van der Waals surface area contributed by atoms with Gasteiger partial charge in [0.05, 0.1) is 25.5 Å². The number of carbonyl (C=O) groups excluding carboxylic acids is 1. The number of likely N-dealkylation sites (tertiary alicyclic amines) is 1. The van der Waals surface area contributed by atoms with Gasteiger partial charge in [0.15, 0.2) is 0 Å². The third kappa shape index (κ3) is 5.32. The smallest absolute Gasteiger partial charge is 0.317 e. The summed E-state index contributed by atoms with van der Waals surface area (Å²) >= 11 is 1.87. The Morgan fingerprint density at radius 2 is 2.10 bits per heavy atom. The lowest BCUT2D eigenvalue weighted by Gasteiger charge is -2.36. The summed E-state index contributed by atoms with van der Waals surface area (Å²) in [6.45, 7) is 5.60. The van der Waals surface area contributed by atoms with Crippen LogP contribution in [0.4, 0.5) is 4.79 Å². The summed E-state index contributed by atoms with van der Waals surface area (Å²) < 4.78 is 6.95. The highest BCUT2D eigenvalue weighted by atomic mass is 32.2. The lowest BCUT2D eigenvalue weighted by molar-refractivity contribution is 0.0521. The molecule has 29 heavy (non-hydrogen) atoms. The van der Waals surface area contributed by atoms with Crippen LogP contribution in [0.25, 0.3) is 0 Å². The molecule has 9 heteroatoms. The molecular weight excluding hydrogens is 390 g/mol. The highest BCUT2D eigenvalue weighted by Gasteiger charge is 2.24. The second kappa shape index (κ2) is 9.95. The SMILES string of the molecule is O=C(NCC1CCCCN1CCn1nc2c(cc1=O)CSCC2)N1CCOCC1. The number of thioether (sulfide) groups is 1. The zero-order valence-electron chi connectivity index (χ0n) is 17.0. The van der Waals surface area contributed by atoms with E-state index in [0.717, 1.165) is 55.1 Å². The first kappa shape index (κ1) is 20.7. The number of urea groups is 1. The van der Waals surface area contributed by atoms with Gasteiger partial charge in [-0.2, -0.15) is 16.9 Å². The first-order valence-corrected chi connectivity index (χ1v) is 11.9. The van der Waals surface area contributed by atoms with Crippen molar-refractivity contribution in [2.75, 3.05) is 51.7 Å². The standard InChI is InChI=1S/C20H31N5O3S/c26-19-13-16-15-29-12-4-18(16)22-25(19)7-6-23-5-2-1-3-17(23)14-21-20(27)24-8-10-28-11-9-24/h13,17H,1-12,14-15H2,(H,21,27). The molecule has 4 heterocycles. The van der Waals surface area contributed by atoms with Crippen molar-refractivity contribution in [3.8, 4) is 0 Å². The van der Waals surface area contributed by atoms with E-state index in [1.807, 2.05) is 16.7 Å². The summed E-state index contributed by atoms with van der Waals surface area (Å²) in [6, 6.07) is 2.09. The molecule has 0 spiro atoms. The molecule has 1 unspecified atom stereocenters. The van der Waals surface area contributed by atoms with Gasteiger partial charge in [-0.15, -0.1) is 0 Å². The number of aryl methyl sites for hydroxylation is 1. The molecule has 0 radical (unpaired) electrons. The topological polar surface area (TPSA) is 79.7 Å². The van der Waals surface area contributed by atoms with E-state index in [0.29, 0.717) is 45.4 Å². The fourth-order valence-electron chi connectivity index (χ4n) is 4.30. The molecule has 0 saturated carbocycles. The number of ether oxygens (including phenoxy) is 1. The molecule has 1 aromatic rings. The molecule has 2 amide bonds. The molecule has 0 bridgehead atoms. The molecule has 8 nitrogen and oxygen atoms in total. The Kier molecular flexibility index (Phi) is 7.10. The Morgan fingerprint density at radius 3 is 2.97 bits per heavy atom. The van der Waals surface area contributed by atoms with E-state index in [1.165, 1.54) is 6.42 Å². The summed E-state index contributed by atoms with van der Waals surface area (Å²) in [6.07, 6.45) is 4.37. The van der Waals surface area contributed by atoms with Crippen molar-refractivity contribution in [2.24, 2.45) is 0 Å². The van der Waals surface area contributed by atoms with Gasteiger partial charge in [0.1, 0.15) is 0 Å². The minimum Gasteiger partial charge on any atom is -0.378 e. The van der Waals surface area contributed by atoms with Crippen molar-refractivity contribution in [3.05, 3.63) is 27.7 Å². The zero-order valence-corrected chi connectivity index (χ0v) is 17.8. The van der Waals surface area contributed by atoms with Crippen LogP contribution in [0.5, 0.6) is 0 Å². The maximum Gasteiger partial charge on any atom is 0.317 e. The summed E-state index contributed by atoms with van der Waals surface area (Å²) in [4.78, 5) is 29.1. The lowest BCUT2D eigenvalue weighted by Crippen LogP contribution is -2.52. The third-order valence-corrected chi connectivity index (χ3v) is 7.05. The van der Waals surface area contributed by atoms with Crippen molar-refractivity contribution in [2.45, 2.75) is 44.0 Å². The Bertz CT molecular complexity index is 765. The van der Waals surface area contributed by atoms with Crippen LogP contribution in [0.3, 0.4) is 0 Å². The number of piperidine rings is 1. The van der Waals surface area contributed by atoms with Crippen molar-refractivity contribution < 1.29 is 9.53 Å². The number of fused-ring (bicyclic) bond motifs is 1. The van der Waals surface area contributed by atoms with Crippen LogP contribution in [0, 0.1) is 0 Å². The average Bonchev–Trinajstić information content (AvgIpc) is 2.77. The third-order valence-electron chi connectivity index (χ3n) is 6.04. The van der Waals surface area contributed by atoms with E-state index in [1.54, 1.807) is 10.7 Å². The normalized spacial score (nSPS) is 22.9. The zero-order chi connectivity index (χ0) is 20.1. The first-order chi connectivity index (χ1) is 14.2. The minimum absolute atomic E-state index is 0.000398. The van der Waals surface area contributed by atoms with E-state index in [9.17, 15) is 9.59 Å². The molecule has 3 aliphatic rings. The van der Waals surface area contributed by atoms with E-state index in [2.05, 4.69) is 15.3 Å². The summed E-state index contributed by atoms with van der Waals surface area (Å²) in [7, 11) is 0. The van der Waals surface area contributed by atoms with Gasteiger partial charge in [-0.1, -0.05) is 6.42 Å². The molecule has 3 aliphatic heterocycles. The Labute approximate surface area is 175 Å². The number of hydrogen-bond acceptors (Lipinski definition) is 6. The minimum atomic E-state index is 0.000398. The first-order valence-electron chi connectivity index (χ1n) is 10.7. The second-order valence-electron chi connectivity index (χ2n) is 7.95. The lowest BCUT2D eigenvalue weighted by atomic mass is 10.0.